The van der Waals surface area contributed by atoms with E-state index >= 15 is 0 Å². The van der Waals surface area contributed by atoms with Gasteiger partial charge in [0.15, 0.2) is 11.4 Å². The minimum absolute atomic E-state index is 0.130. The molecule has 2 aromatic carbocycles. The van der Waals surface area contributed by atoms with Gasteiger partial charge in [-0.05, 0) is 61.6 Å². The largest absolute Gasteiger partial charge is 0.493 e. The minimum Gasteiger partial charge on any atom is -0.493 e. The van der Waals surface area contributed by atoms with Gasteiger partial charge in [-0.15, -0.1) is 0 Å². The average Bonchev–Trinajstić information content (AvgIpc) is 3.72. The quantitative estimate of drug-likeness (QED) is 0.268. The monoisotopic (exact) mass is 550 g/mol. The zero-order valence-electron chi connectivity index (χ0n) is 22.3. The first-order valence-corrected chi connectivity index (χ1v) is 12.7. The van der Waals surface area contributed by atoms with Gasteiger partial charge in [-0.25, -0.2) is 18.6 Å². The van der Waals surface area contributed by atoms with Crippen LogP contribution < -0.4 is 14.8 Å². The van der Waals surface area contributed by atoms with Crippen LogP contribution in [-0.2, 0) is 14.3 Å². The molecule has 1 amide bonds. The van der Waals surface area contributed by atoms with Gasteiger partial charge >= 0.3 is 11.9 Å². The molecule has 10 heteroatoms. The van der Waals surface area contributed by atoms with Gasteiger partial charge in [0.2, 0.25) is 5.75 Å². The summed E-state index contributed by atoms with van der Waals surface area (Å²) in [5.74, 6) is -2.73. The summed E-state index contributed by atoms with van der Waals surface area (Å²) in [6, 6.07) is 12.6. The van der Waals surface area contributed by atoms with Crippen molar-refractivity contribution >= 4 is 23.4 Å². The van der Waals surface area contributed by atoms with E-state index in [4.69, 9.17) is 14.2 Å². The number of methoxy groups -OCH3 is 1. The van der Waals surface area contributed by atoms with Crippen LogP contribution in [0.3, 0.4) is 0 Å². The second kappa shape index (κ2) is 12.1. The highest BCUT2D eigenvalue weighted by Gasteiger charge is 2.53. The van der Waals surface area contributed by atoms with E-state index in [9.17, 15) is 23.2 Å². The Kier molecular flexibility index (Phi) is 8.57. The maximum absolute atomic E-state index is 13.6. The maximum atomic E-state index is 13.6. The molecule has 3 aromatic rings. The molecule has 1 fully saturated rings. The molecule has 1 aliphatic carbocycles. The predicted molar refractivity (Wildman–Crippen MR) is 141 cm³/mol. The molecule has 0 radical (unpaired) electrons. The fraction of sp³-hybridized carbons (Fsp3) is 0.267. The molecule has 40 heavy (non-hydrogen) atoms. The smallest absolute Gasteiger partial charge is 0.336 e. The standard InChI is InChI=1S/C30H28F2N2O6/c1-4-5-24(35)40-27-23(38-3)14-17-33-26(27)28(36)34-30(15-16-30)29(37)39-18(2)25(19-6-10-21(31)11-7-19)20-8-12-22(32)13-9-20/h6-14,17H,4-5,15-16H2,1-3H3,(H,34,36). The number of allylic oxidation sites excluding steroid dienone is 1. The lowest BCUT2D eigenvalue weighted by Gasteiger charge is -2.19. The molecule has 1 aliphatic rings. The second-order valence-corrected chi connectivity index (χ2v) is 9.29. The molecule has 1 saturated carbocycles. The number of hydrogen-bond donors (Lipinski definition) is 1. The minimum atomic E-state index is -1.33. The molecule has 0 bridgehead atoms. The summed E-state index contributed by atoms with van der Waals surface area (Å²) in [5.41, 5.74) is 0.00551. The van der Waals surface area contributed by atoms with E-state index in [1.807, 2.05) is 6.92 Å². The topological polar surface area (TPSA) is 104 Å². The van der Waals surface area contributed by atoms with Crippen molar-refractivity contribution in [1.29, 1.82) is 0 Å². The summed E-state index contributed by atoms with van der Waals surface area (Å²) in [5, 5.41) is 2.67. The van der Waals surface area contributed by atoms with E-state index in [2.05, 4.69) is 10.3 Å². The van der Waals surface area contributed by atoms with Gasteiger partial charge in [-0.2, -0.15) is 0 Å². The summed E-state index contributed by atoms with van der Waals surface area (Å²) < 4.78 is 43.5. The zero-order valence-corrected chi connectivity index (χ0v) is 22.3. The van der Waals surface area contributed by atoms with Crippen LogP contribution in [-0.4, -0.2) is 35.5 Å². The van der Waals surface area contributed by atoms with Crippen LogP contribution in [0.1, 0.15) is 61.1 Å². The van der Waals surface area contributed by atoms with Crippen molar-refractivity contribution in [3.05, 3.63) is 95.0 Å². The molecule has 1 aromatic heterocycles. The summed E-state index contributed by atoms with van der Waals surface area (Å²) >= 11 is 0. The van der Waals surface area contributed by atoms with Gasteiger partial charge in [0.1, 0.15) is 22.9 Å². The van der Waals surface area contributed by atoms with Crippen LogP contribution in [0.4, 0.5) is 8.78 Å². The molecule has 8 nitrogen and oxygen atoms in total. The summed E-state index contributed by atoms with van der Waals surface area (Å²) in [7, 11) is 1.36. The van der Waals surface area contributed by atoms with Gasteiger partial charge in [0, 0.05) is 24.3 Å². The van der Waals surface area contributed by atoms with Crippen LogP contribution in [0, 0.1) is 11.6 Å². The predicted octanol–water partition coefficient (Wildman–Crippen LogP) is 5.36. The molecule has 0 aliphatic heterocycles. The Morgan fingerprint density at radius 2 is 1.52 bits per heavy atom. The Bertz CT molecular complexity index is 1400. The number of esters is 2. The Morgan fingerprint density at radius 1 is 0.950 bits per heavy atom. The molecule has 0 saturated heterocycles. The lowest BCUT2D eigenvalue weighted by Crippen LogP contribution is -2.44. The molecular formula is C30H28F2N2O6. The zero-order chi connectivity index (χ0) is 28.9. The molecule has 0 atom stereocenters. The third kappa shape index (κ3) is 6.33. The van der Waals surface area contributed by atoms with Crippen LogP contribution >= 0.6 is 0 Å². The van der Waals surface area contributed by atoms with E-state index in [1.165, 1.54) is 67.9 Å². The van der Waals surface area contributed by atoms with E-state index in [0.717, 1.165) is 0 Å². The number of rotatable bonds is 10. The van der Waals surface area contributed by atoms with E-state index < -0.39 is 35.0 Å². The molecule has 1 heterocycles. The average molecular weight is 551 g/mol. The van der Waals surface area contributed by atoms with Crippen molar-refractivity contribution in [2.75, 3.05) is 7.11 Å². The van der Waals surface area contributed by atoms with E-state index in [0.29, 0.717) is 36.0 Å². The first-order chi connectivity index (χ1) is 19.2. The number of carbonyl (C=O) groups is 3. The molecular weight excluding hydrogens is 522 g/mol. The third-order valence-electron chi connectivity index (χ3n) is 6.33. The lowest BCUT2D eigenvalue weighted by atomic mass is 9.97. The van der Waals surface area contributed by atoms with Gasteiger partial charge in [0.25, 0.3) is 5.91 Å². The summed E-state index contributed by atoms with van der Waals surface area (Å²) in [4.78, 5) is 42.8. The highest BCUT2D eigenvalue weighted by atomic mass is 19.1. The molecule has 1 N–H and O–H groups in total. The fourth-order valence-electron chi connectivity index (χ4n) is 4.10. The number of nitrogens with one attached hydrogen (secondary N) is 1. The third-order valence-corrected chi connectivity index (χ3v) is 6.33. The number of halogens is 2. The maximum Gasteiger partial charge on any atom is 0.336 e. The number of aromatic nitrogens is 1. The number of amides is 1. The number of hydrogen-bond acceptors (Lipinski definition) is 7. The molecule has 4 rings (SSSR count). The lowest BCUT2D eigenvalue weighted by molar-refractivity contribution is -0.142. The Labute approximate surface area is 230 Å². The van der Waals surface area contributed by atoms with Gasteiger partial charge in [0.05, 0.1) is 7.11 Å². The number of benzene rings is 2. The molecule has 208 valence electrons. The number of pyridine rings is 1. The van der Waals surface area contributed by atoms with Crippen molar-refractivity contribution in [3.8, 4) is 11.5 Å². The Morgan fingerprint density at radius 3 is 2.02 bits per heavy atom. The number of carbonyl (C=O) groups excluding carboxylic acids is 3. The second-order valence-electron chi connectivity index (χ2n) is 9.29. The van der Waals surface area contributed by atoms with Crippen LogP contribution in [0.2, 0.25) is 0 Å². The number of ether oxygens (including phenoxy) is 3. The Balaban J connectivity index is 1.60. The van der Waals surface area contributed by atoms with Crippen LogP contribution in [0.25, 0.3) is 5.57 Å². The molecule has 0 unspecified atom stereocenters. The van der Waals surface area contributed by atoms with Gasteiger partial charge in [-0.3, -0.25) is 9.59 Å². The Hall–Kier alpha value is -4.60. The normalized spacial score (nSPS) is 13.1. The van der Waals surface area contributed by atoms with Crippen LogP contribution in [0.15, 0.2) is 66.6 Å². The van der Waals surface area contributed by atoms with Crippen molar-refractivity contribution in [3.63, 3.8) is 0 Å². The van der Waals surface area contributed by atoms with Crippen molar-refractivity contribution < 1.29 is 37.4 Å². The van der Waals surface area contributed by atoms with E-state index in [-0.39, 0.29) is 29.4 Å². The van der Waals surface area contributed by atoms with Crippen molar-refractivity contribution in [1.82, 2.24) is 10.3 Å². The highest BCUT2D eigenvalue weighted by molar-refractivity contribution is 6.01. The van der Waals surface area contributed by atoms with Crippen molar-refractivity contribution in [2.45, 2.75) is 45.1 Å². The first-order valence-electron chi connectivity index (χ1n) is 12.7. The summed E-state index contributed by atoms with van der Waals surface area (Å²) in [6.07, 6.45) is 2.62. The van der Waals surface area contributed by atoms with Gasteiger partial charge in [-0.1, -0.05) is 31.2 Å². The first kappa shape index (κ1) is 28.4. The summed E-state index contributed by atoms with van der Waals surface area (Å²) in [6.45, 7) is 3.37. The SMILES string of the molecule is CCCC(=O)Oc1c(OC)ccnc1C(=O)NC1(C(=O)OC(C)=C(c2ccc(F)cc2)c2ccc(F)cc2)CC1. The van der Waals surface area contributed by atoms with Crippen LogP contribution in [0.5, 0.6) is 11.5 Å². The fourth-order valence-corrected chi connectivity index (χ4v) is 4.10. The number of nitrogens with zero attached hydrogens (tertiary/aromatic N) is 1. The highest BCUT2D eigenvalue weighted by Crippen LogP contribution is 2.39. The van der Waals surface area contributed by atoms with Gasteiger partial charge < -0.3 is 19.5 Å². The van der Waals surface area contributed by atoms with Crippen molar-refractivity contribution in [2.24, 2.45) is 0 Å². The molecule has 0 spiro atoms. The van der Waals surface area contributed by atoms with E-state index in [1.54, 1.807) is 6.92 Å².